The quantitative estimate of drug-likeness (QED) is 0.465. The molecule has 52 valence electrons. The van der Waals surface area contributed by atoms with Gasteiger partial charge in [0, 0.05) is 4.75 Å². The second kappa shape index (κ2) is 4.04. The fourth-order valence-corrected chi connectivity index (χ4v) is 0.545. The van der Waals surface area contributed by atoms with Gasteiger partial charge < -0.3 is 0 Å². The van der Waals surface area contributed by atoms with Crippen molar-refractivity contribution in [3.8, 4) is 0 Å². The molecule has 0 N–H and O–H groups in total. The monoisotopic (exact) mass is 161 g/mol. The van der Waals surface area contributed by atoms with Gasteiger partial charge in [0.15, 0.2) is 0 Å². The van der Waals surface area contributed by atoms with E-state index in [1.165, 1.54) is 0 Å². The normalized spacial score (nSPS) is 10.6. The number of thioether (sulfide) groups is 1. The molecule has 0 rings (SSSR count). The first-order valence-corrected chi connectivity index (χ1v) is 4.34. The third-order valence-corrected chi connectivity index (χ3v) is 2.44. The lowest BCUT2D eigenvalue weighted by molar-refractivity contribution is 0.730. The van der Waals surface area contributed by atoms with Gasteiger partial charge in [-0.2, -0.15) is 11.8 Å². The van der Waals surface area contributed by atoms with Crippen LogP contribution in [0.25, 0.3) is 0 Å². The molecular weight excluding hydrogens is 150 g/mol. The van der Waals surface area contributed by atoms with Crippen LogP contribution in [0.4, 0.5) is 0 Å². The third kappa shape index (κ3) is 4.64. The van der Waals surface area contributed by atoms with Crippen molar-refractivity contribution in [2.24, 2.45) is 4.99 Å². The summed E-state index contributed by atoms with van der Waals surface area (Å²) in [5.74, 6) is 0. The predicted molar refractivity (Wildman–Crippen MR) is 47.5 cm³/mol. The Kier molecular flexibility index (Phi) is 4.11. The van der Waals surface area contributed by atoms with Crippen molar-refractivity contribution in [3.05, 3.63) is 0 Å². The average molecular weight is 161 g/mol. The smallest absolute Gasteiger partial charge is 0.0634 e. The molecule has 1 nitrogen and oxygen atoms in total. The Bertz CT molecular complexity index is 125. The highest BCUT2D eigenvalue weighted by molar-refractivity contribution is 7.99. The van der Waals surface area contributed by atoms with E-state index in [9.17, 15) is 0 Å². The van der Waals surface area contributed by atoms with Gasteiger partial charge in [0.05, 0.1) is 11.7 Å². The summed E-state index contributed by atoms with van der Waals surface area (Å²) in [6.07, 6.45) is 2.07. The second-order valence-electron chi connectivity index (χ2n) is 2.37. The maximum atomic E-state index is 4.44. The molecule has 0 aliphatic heterocycles. The Labute approximate surface area is 65.9 Å². The highest BCUT2D eigenvalue weighted by Crippen LogP contribution is 2.20. The van der Waals surface area contributed by atoms with Crippen molar-refractivity contribution >= 4 is 29.1 Å². The summed E-state index contributed by atoms with van der Waals surface area (Å²) in [5, 5.41) is 2.35. The molecule has 0 amide bonds. The van der Waals surface area contributed by atoms with Gasteiger partial charge in [0.2, 0.25) is 0 Å². The largest absolute Gasteiger partial charge is 0.231 e. The van der Waals surface area contributed by atoms with Gasteiger partial charge >= 0.3 is 0 Å². The summed E-state index contributed by atoms with van der Waals surface area (Å²) in [5.41, 5.74) is 0. The molecule has 0 unspecified atom stereocenters. The van der Waals surface area contributed by atoms with E-state index in [1.54, 1.807) is 11.8 Å². The zero-order valence-corrected chi connectivity index (χ0v) is 7.60. The molecule has 0 aliphatic rings. The molecule has 0 saturated heterocycles. The molecule has 0 aromatic heterocycles. The van der Waals surface area contributed by atoms with Crippen molar-refractivity contribution < 1.29 is 0 Å². The van der Waals surface area contributed by atoms with E-state index in [2.05, 4.69) is 42.5 Å². The molecule has 9 heavy (non-hydrogen) atoms. The predicted octanol–water partition coefficient (Wildman–Crippen LogP) is 2.23. The van der Waals surface area contributed by atoms with E-state index in [-0.39, 0.29) is 4.75 Å². The number of hydrogen-bond acceptors (Lipinski definition) is 3. The Hall–Kier alpha value is 0.150. The number of nitrogens with zero attached hydrogens (tertiary/aromatic N) is 1. The first kappa shape index (κ1) is 9.15. The number of thiocarbonyl (C=S) groups is 1. The van der Waals surface area contributed by atoms with Crippen molar-refractivity contribution in [1.29, 1.82) is 0 Å². The lowest BCUT2D eigenvalue weighted by Crippen LogP contribution is -2.17. The van der Waals surface area contributed by atoms with E-state index in [0.717, 1.165) is 6.54 Å². The van der Waals surface area contributed by atoms with E-state index >= 15 is 0 Å². The molecule has 0 aromatic carbocycles. The standard InChI is InChI=1S/C6H11NS2/c1-6(2,9-3)4-7-5-8/h4H2,1-3H3. The summed E-state index contributed by atoms with van der Waals surface area (Å²) >= 11 is 6.23. The summed E-state index contributed by atoms with van der Waals surface area (Å²) in [7, 11) is 0. The Balaban J connectivity index is 3.71. The van der Waals surface area contributed by atoms with E-state index < -0.39 is 0 Å². The van der Waals surface area contributed by atoms with Crippen molar-refractivity contribution in [1.82, 2.24) is 0 Å². The van der Waals surface area contributed by atoms with Crippen LogP contribution in [0.5, 0.6) is 0 Å². The highest BCUT2D eigenvalue weighted by Gasteiger charge is 2.13. The first-order valence-electron chi connectivity index (χ1n) is 2.71. The van der Waals surface area contributed by atoms with E-state index in [4.69, 9.17) is 0 Å². The van der Waals surface area contributed by atoms with Crippen LogP contribution >= 0.6 is 24.0 Å². The highest BCUT2D eigenvalue weighted by atomic mass is 32.2. The van der Waals surface area contributed by atoms with Crippen molar-refractivity contribution in [2.45, 2.75) is 18.6 Å². The molecule has 0 spiro atoms. The maximum absolute atomic E-state index is 4.44. The Morgan fingerprint density at radius 1 is 1.67 bits per heavy atom. The minimum atomic E-state index is 0.214. The van der Waals surface area contributed by atoms with Gasteiger partial charge in [-0.05, 0) is 32.3 Å². The molecule has 0 heterocycles. The zero-order chi connectivity index (χ0) is 7.33. The topological polar surface area (TPSA) is 12.4 Å². The molecule has 0 radical (unpaired) electrons. The summed E-state index contributed by atoms with van der Waals surface area (Å²) in [6, 6.07) is 0. The third-order valence-electron chi connectivity index (χ3n) is 1.08. The van der Waals surface area contributed by atoms with Crippen LogP contribution in [-0.2, 0) is 0 Å². The Morgan fingerprint density at radius 2 is 2.22 bits per heavy atom. The van der Waals surface area contributed by atoms with Gasteiger partial charge in [-0.15, -0.1) is 0 Å². The van der Waals surface area contributed by atoms with Crippen molar-refractivity contribution in [3.63, 3.8) is 0 Å². The van der Waals surface area contributed by atoms with Crippen LogP contribution < -0.4 is 0 Å². The fraction of sp³-hybridized carbons (Fsp3) is 0.833. The maximum Gasteiger partial charge on any atom is 0.0634 e. The molecule has 0 bridgehead atoms. The van der Waals surface area contributed by atoms with Crippen molar-refractivity contribution in [2.75, 3.05) is 12.8 Å². The molecule has 0 fully saturated rings. The first-order chi connectivity index (χ1) is 4.12. The van der Waals surface area contributed by atoms with Gasteiger partial charge in [-0.25, -0.2) is 4.99 Å². The van der Waals surface area contributed by atoms with Gasteiger partial charge in [0.1, 0.15) is 0 Å². The lowest BCUT2D eigenvalue weighted by atomic mass is 10.2. The van der Waals surface area contributed by atoms with Crippen LogP contribution in [0.15, 0.2) is 4.99 Å². The molecule has 0 aromatic rings. The van der Waals surface area contributed by atoms with Crippen LogP contribution in [0.1, 0.15) is 13.8 Å². The van der Waals surface area contributed by atoms with Gasteiger partial charge in [0.25, 0.3) is 0 Å². The molecular formula is C6H11NS2. The van der Waals surface area contributed by atoms with Gasteiger partial charge in [-0.3, -0.25) is 0 Å². The Morgan fingerprint density at radius 3 is 2.56 bits per heavy atom. The number of isothiocyanates is 1. The minimum Gasteiger partial charge on any atom is -0.231 e. The van der Waals surface area contributed by atoms with Crippen LogP contribution in [0.3, 0.4) is 0 Å². The molecule has 0 atom stereocenters. The molecule has 0 saturated carbocycles. The zero-order valence-electron chi connectivity index (χ0n) is 5.97. The number of rotatable bonds is 3. The van der Waals surface area contributed by atoms with Crippen LogP contribution in [-0.4, -0.2) is 22.7 Å². The van der Waals surface area contributed by atoms with Crippen LogP contribution in [0, 0.1) is 0 Å². The number of aliphatic imine (C=N–C) groups is 1. The minimum absolute atomic E-state index is 0.214. The SMILES string of the molecule is CSC(C)(C)CN=C=S. The van der Waals surface area contributed by atoms with E-state index in [0.29, 0.717) is 0 Å². The summed E-state index contributed by atoms with van der Waals surface area (Å²) in [6.45, 7) is 5.03. The number of hydrogen-bond donors (Lipinski definition) is 0. The summed E-state index contributed by atoms with van der Waals surface area (Å²) < 4.78 is 0.214. The van der Waals surface area contributed by atoms with Crippen LogP contribution in [0.2, 0.25) is 0 Å². The van der Waals surface area contributed by atoms with E-state index in [1.807, 2.05) is 0 Å². The fourth-order valence-electron chi connectivity index (χ4n) is 0.287. The average Bonchev–Trinajstić information content (AvgIpc) is 1.84. The van der Waals surface area contributed by atoms with Gasteiger partial charge in [-0.1, -0.05) is 0 Å². The molecule has 0 aliphatic carbocycles. The lowest BCUT2D eigenvalue weighted by Gasteiger charge is -2.17. The molecule has 3 heteroatoms. The summed E-state index contributed by atoms with van der Waals surface area (Å²) in [4.78, 5) is 3.86. The second-order valence-corrected chi connectivity index (χ2v) is 4.07.